The first-order chi connectivity index (χ1) is 16.4. The molecule has 0 atom stereocenters. The van der Waals surface area contributed by atoms with Gasteiger partial charge in [0.15, 0.2) is 5.13 Å². The number of benzene rings is 3. The van der Waals surface area contributed by atoms with Crippen LogP contribution in [-0.4, -0.2) is 43.0 Å². The zero-order valence-corrected chi connectivity index (χ0v) is 21.0. The minimum absolute atomic E-state index is 0.00441. The standard InChI is InChI=1S/C27H26ClN3O2S/c1-17-20(28)13-14-23-25(17)29-27(34-23)31(16-8-15-30(2)3)26(32)24-18-9-4-6-11-21(18)33-22-12-7-5-10-19(22)24/h4-7,9-14,24H,8,15-16H2,1-3H3. The highest BCUT2D eigenvalue weighted by molar-refractivity contribution is 7.22. The fourth-order valence-electron chi connectivity index (χ4n) is 4.38. The number of para-hydroxylation sites is 2. The van der Waals surface area contributed by atoms with Crippen molar-refractivity contribution in [3.8, 4) is 11.5 Å². The Balaban J connectivity index is 1.60. The highest BCUT2D eigenvalue weighted by atomic mass is 35.5. The summed E-state index contributed by atoms with van der Waals surface area (Å²) in [5.74, 6) is 0.987. The summed E-state index contributed by atoms with van der Waals surface area (Å²) in [6.07, 6.45) is 0.834. The summed E-state index contributed by atoms with van der Waals surface area (Å²) in [7, 11) is 4.08. The molecule has 2 heterocycles. The van der Waals surface area contributed by atoms with E-state index in [0.717, 1.165) is 51.4 Å². The first-order valence-electron chi connectivity index (χ1n) is 11.3. The first kappa shape index (κ1) is 22.8. The summed E-state index contributed by atoms with van der Waals surface area (Å²) in [5, 5.41) is 1.38. The zero-order chi connectivity index (χ0) is 23.8. The van der Waals surface area contributed by atoms with E-state index in [-0.39, 0.29) is 5.91 Å². The van der Waals surface area contributed by atoms with Gasteiger partial charge in [-0.3, -0.25) is 9.69 Å². The second-order valence-corrected chi connectivity index (χ2v) is 10.2. The van der Waals surface area contributed by atoms with E-state index >= 15 is 0 Å². The number of amides is 1. The van der Waals surface area contributed by atoms with Crippen molar-refractivity contribution in [1.29, 1.82) is 0 Å². The van der Waals surface area contributed by atoms with Crippen molar-refractivity contribution in [2.75, 3.05) is 32.1 Å². The molecular weight excluding hydrogens is 466 g/mol. The number of fused-ring (bicyclic) bond motifs is 3. The Hall–Kier alpha value is -2.93. The quantitative estimate of drug-likeness (QED) is 0.309. The summed E-state index contributed by atoms with van der Waals surface area (Å²) in [6, 6.07) is 19.5. The molecular formula is C27H26ClN3O2S. The van der Waals surface area contributed by atoms with Crippen molar-refractivity contribution in [2.24, 2.45) is 0 Å². The molecule has 1 aliphatic heterocycles. The maximum absolute atomic E-state index is 14.3. The molecule has 5 rings (SSSR count). The number of halogens is 1. The number of carbonyl (C=O) groups is 1. The van der Waals surface area contributed by atoms with Crippen LogP contribution >= 0.6 is 22.9 Å². The third kappa shape index (κ3) is 4.17. The predicted molar refractivity (Wildman–Crippen MR) is 140 cm³/mol. The Morgan fingerprint density at radius 2 is 1.65 bits per heavy atom. The van der Waals surface area contributed by atoms with Crippen LogP contribution in [-0.2, 0) is 4.79 Å². The Bertz CT molecular complexity index is 1320. The van der Waals surface area contributed by atoms with Gasteiger partial charge < -0.3 is 9.64 Å². The number of rotatable bonds is 6. The molecule has 0 radical (unpaired) electrons. The van der Waals surface area contributed by atoms with E-state index in [1.54, 1.807) is 0 Å². The van der Waals surface area contributed by atoms with E-state index in [1.807, 2.05) is 86.6 Å². The normalized spacial score (nSPS) is 13.0. The molecule has 174 valence electrons. The van der Waals surface area contributed by atoms with Crippen LogP contribution in [0.5, 0.6) is 11.5 Å². The van der Waals surface area contributed by atoms with E-state index in [1.165, 1.54) is 11.3 Å². The molecule has 0 saturated carbocycles. The summed E-state index contributed by atoms with van der Waals surface area (Å²) in [6.45, 7) is 3.42. The number of anilines is 1. The fraction of sp³-hybridized carbons (Fsp3) is 0.259. The highest BCUT2D eigenvalue weighted by Gasteiger charge is 2.36. The van der Waals surface area contributed by atoms with E-state index < -0.39 is 5.92 Å². The number of ether oxygens (including phenoxy) is 1. The maximum atomic E-state index is 14.3. The number of aromatic nitrogens is 1. The monoisotopic (exact) mass is 491 g/mol. The molecule has 0 unspecified atom stereocenters. The molecule has 1 amide bonds. The third-order valence-electron chi connectivity index (χ3n) is 6.15. The van der Waals surface area contributed by atoms with Gasteiger partial charge in [0.25, 0.3) is 0 Å². The second-order valence-electron chi connectivity index (χ2n) is 8.77. The molecule has 0 N–H and O–H groups in total. The van der Waals surface area contributed by atoms with Gasteiger partial charge in [-0.2, -0.15) is 0 Å². The SMILES string of the molecule is Cc1c(Cl)ccc2sc(N(CCCN(C)C)C(=O)C3c4ccccc4Oc4ccccc43)nc12. The van der Waals surface area contributed by atoms with Gasteiger partial charge in [0, 0.05) is 22.7 Å². The van der Waals surface area contributed by atoms with Gasteiger partial charge in [0.1, 0.15) is 11.5 Å². The van der Waals surface area contributed by atoms with E-state index in [0.29, 0.717) is 16.7 Å². The minimum atomic E-state index is -0.461. The Labute approximate surface area is 208 Å². The number of nitrogens with zero attached hydrogens (tertiary/aromatic N) is 3. The van der Waals surface area contributed by atoms with Crippen LogP contribution in [0.25, 0.3) is 10.2 Å². The van der Waals surface area contributed by atoms with Gasteiger partial charge in [-0.15, -0.1) is 0 Å². The Kier molecular flexibility index (Phi) is 6.30. The Morgan fingerprint density at radius 1 is 1.00 bits per heavy atom. The number of aryl methyl sites for hydroxylation is 1. The molecule has 1 aliphatic rings. The summed E-state index contributed by atoms with van der Waals surface area (Å²) >= 11 is 7.89. The molecule has 34 heavy (non-hydrogen) atoms. The van der Waals surface area contributed by atoms with Gasteiger partial charge in [-0.05, 0) is 63.8 Å². The van der Waals surface area contributed by atoms with Gasteiger partial charge in [0.2, 0.25) is 5.91 Å². The highest BCUT2D eigenvalue weighted by Crippen LogP contribution is 2.45. The molecule has 0 spiro atoms. The average molecular weight is 492 g/mol. The van der Waals surface area contributed by atoms with Crippen molar-refractivity contribution in [3.63, 3.8) is 0 Å². The average Bonchev–Trinajstić information content (AvgIpc) is 3.27. The van der Waals surface area contributed by atoms with E-state index in [4.69, 9.17) is 21.3 Å². The lowest BCUT2D eigenvalue weighted by Crippen LogP contribution is -2.38. The molecule has 7 heteroatoms. The van der Waals surface area contributed by atoms with Gasteiger partial charge >= 0.3 is 0 Å². The van der Waals surface area contributed by atoms with Crippen LogP contribution in [0.1, 0.15) is 29.0 Å². The number of thiazole rings is 1. The largest absolute Gasteiger partial charge is 0.457 e. The lowest BCUT2D eigenvalue weighted by atomic mass is 9.87. The molecule has 1 aromatic heterocycles. The van der Waals surface area contributed by atoms with Crippen LogP contribution in [0.3, 0.4) is 0 Å². The zero-order valence-electron chi connectivity index (χ0n) is 19.4. The van der Waals surface area contributed by atoms with Crippen LogP contribution in [0.2, 0.25) is 5.02 Å². The molecule has 0 aliphatic carbocycles. The van der Waals surface area contributed by atoms with Crippen LogP contribution < -0.4 is 9.64 Å². The smallest absolute Gasteiger partial charge is 0.241 e. The van der Waals surface area contributed by atoms with Crippen molar-refractivity contribution < 1.29 is 9.53 Å². The van der Waals surface area contributed by atoms with E-state index in [2.05, 4.69) is 4.90 Å². The van der Waals surface area contributed by atoms with Crippen molar-refractivity contribution in [1.82, 2.24) is 9.88 Å². The molecule has 0 bridgehead atoms. The van der Waals surface area contributed by atoms with Crippen molar-refractivity contribution >= 4 is 44.2 Å². The summed E-state index contributed by atoms with van der Waals surface area (Å²) in [4.78, 5) is 23.2. The van der Waals surface area contributed by atoms with Crippen LogP contribution in [0, 0.1) is 6.92 Å². The van der Waals surface area contributed by atoms with Gasteiger partial charge in [-0.25, -0.2) is 4.98 Å². The lowest BCUT2D eigenvalue weighted by molar-refractivity contribution is -0.119. The van der Waals surface area contributed by atoms with Crippen molar-refractivity contribution in [3.05, 3.63) is 82.4 Å². The number of hydrogen-bond acceptors (Lipinski definition) is 5. The van der Waals surface area contributed by atoms with Gasteiger partial charge in [-0.1, -0.05) is 59.3 Å². The van der Waals surface area contributed by atoms with E-state index in [9.17, 15) is 4.79 Å². The Morgan fingerprint density at radius 3 is 2.29 bits per heavy atom. The second kappa shape index (κ2) is 9.37. The lowest BCUT2D eigenvalue weighted by Gasteiger charge is -2.31. The summed E-state index contributed by atoms with van der Waals surface area (Å²) < 4.78 is 7.15. The number of hydrogen-bond donors (Lipinski definition) is 0. The van der Waals surface area contributed by atoms with Crippen molar-refractivity contribution in [2.45, 2.75) is 19.3 Å². The summed E-state index contributed by atoms with van der Waals surface area (Å²) in [5.41, 5.74) is 3.54. The third-order valence-corrected chi connectivity index (χ3v) is 7.60. The number of carbonyl (C=O) groups excluding carboxylic acids is 1. The molecule has 3 aromatic carbocycles. The predicted octanol–water partition coefficient (Wildman–Crippen LogP) is 6.48. The molecule has 0 fully saturated rings. The van der Waals surface area contributed by atoms with Gasteiger partial charge in [0.05, 0.1) is 16.1 Å². The topological polar surface area (TPSA) is 45.7 Å². The minimum Gasteiger partial charge on any atom is -0.457 e. The molecule has 0 saturated heterocycles. The van der Waals surface area contributed by atoms with Crippen LogP contribution in [0.4, 0.5) is 5.13 Å². The maximum Gasteiger partial charge on any atom is 0.241 e. The fourth-order valence-corrected chi connectivity index (χ4v) is 5.59. The molecule has 4 aromatic rings. The first-order valence-corrected chi connectivity index (χ1v) is 12.5. The molecule has 5 nitrogen and oxygen atoms in total. The van der Waals surface area contributed by atoms with Crippen LogP contribution in [0.15, 0.2) is 60.7 Å².